The lowest BCUT2D eigenvalue weighted by Gasteiger charge is -2.11. The average molecular weight is 191 g/mol. The van der Waals surface area contributed by atoms with Crippen LogP contribution < -0.4 is 11.1 Å². The summed E-state index contributed by atoms with van der Waals surface area (Å²) in [7, 11) is 0. The van der Waals surface area contributed by atoms with Crippen LogP contribution in [0.4, 0.5) is 0 Å². The van der Waals surface area contributed by atoms with Gasteiger partial charge in [0.15, 0.2) is 0 Å². The molecule has 0 amide bonds. The van der Waals surface area contributed by atoms with Gasteiger partial charge in [-0.25, -0.2) is 0 Å². The van der Waals surface area contributed by atoms with Crippen molar-refractivity contribution in [2.45, 2.75) is 37.9 Å². The van der Waals surface area contributed by atoms with Gasteiger partial charge in [0.1, 0.15) is 0 Å². The highest BCUT2D eigenvalue weighted by Crippen LogP contribution is 2.17. The van der Waals surface area contributed by atoms with E-state index in [2.05, 4.69) is 16.4 Å². The molecule has 1 aliphatic rings. The van der Waals surface area contributed by atoms with Crippen LogP contribution >= 0.6 is 0 Å². The average Bonchev–Trinajstić information content (AvgIpc) is 2.63. The smallest absolute Gasteiger partial charge is 0.0312 e. The van der Waals surface area contributed by atoms with Crippen molar-refractivity contribution in [3.8, 4) is 0 Å². The summed E-state index contributed by atoms with van der Waals surface area (Å²) in [5.74, 6) is 0. The monoisotopic (exact) mass is 191 g/mol. The predicted octanol–water partition coefficient (Wildman–Crippen LogP) is 1.05. The Balaban J connectivity index is 1.78. The van der Waals surface area contributed by atoms with Gasteiger partial charge in [-0.2, -0.15) is 0 Å². The zero-order valence-electron chi connectivity index (χ0n) is 8.32. The van der Waals surface area contributed by atoms with E-state index in [1.807, 2.05) is 12.3 Å². The minimum absolute atomic E-state index is 0.404. The third kappa shape index (κ3) is 2.53. The Morgan fingerprint density at radius 2 is 2.43 bits per heavy atom. The molecule has 1 aliphatic carbocycles. The van der Waals surface area contributed by atoms with Gasteiger partial charge in [0.05, 0.1) is 0 Å². The lowest BCUT2D eigenvalue weighted by Crippen LogP contribution is -2.27. The van der Waals surface area contributed by atoms with E-state index >= 15 is 0 Å². The van der Waals surface area contributed by atoms with Crippen molar-refractivity contribution in [2.75, 3.05) is 0 Å². The number of rotatable bonds is 3. The highest BCUT2D eigenvalue weighted by Gasteiger charge is 2.20. The molecular weight excluding hydrogens is 174 g/mol. The van der Waals surface area contributed by atoms with Gasteiger partial charge in [-0.15, -0.1) is 0 Å². The quantitative estimate of drug-likeness (QED) is 0.751. The van der Waals surface area contributed by atoms with Gasteiger partial charge in [0.25, 0.3) is 0 Å². The highest BCUT2D eigenvalue weighted by molar-refractivity contribution is 5.08. The molecule has 3 heteroatoms. The van der Waals surface area contributed by atoms with Crippen LogP contribution in [0.25, 0.3) is 0 Å². The molecule has 0 spiro atoms. The van der Waals surface area contributed by atoms with Gasteiger partial charge in [0.2, 0.25) is 0 Å². The number of pyridine rings is 1. The molecule has 3 N–H and O–H groups in total. The van der Waals surface area contributed by atoms with Gasteiger partial charge < -0.3 is 11.1 Å². The number of nitrogens with zero attached hydrogens (tertiary/aromatic N) is 1. The normalized spacial score (nSPS) is 26.6. The van der Waals surface area contributed by atoms with E-state index in [0.29, 0.717) is 12.1 Å². The van der Waals surface area contributed by atoms with Crippen molar-refractivity contribution >= 4 is 0 Å². The van der Waals surface area contributed by atoms with Crippen LogP contribution in [0.15, 0.2) is 24.5 Å². The third-order valence-electron chi connectivity index (χ3n) is 2.79. The van der Waals surface area contributed by atoms with Crippen molar-refractivity contribution in [3.05, 3.63) is 30.1 Å². The van der Waals surface area contributed by atoms with E-state index in [1.165, 1.54) is 12.0 Å². The van der Waals surface area contributed by atoms with Crippen LogP contribution in [-0.2, 0) is 6.54 Å². The van der Waals surface area contributed by atoms with Crippen molar-refractivity contribution in [1.29, 1.82) is 0 Å². The van der Waals surface area contributed by atoms with Gasteiger partial charge in [-0.3, -0.25) is 4.98 Å². The largest absolute Gasteiger partial charge is 0.328 e. The molecule has 1 aromatic heterocycles. The van der Waals surface area contributed by atoms with Crippen molar-refractivity contribution in [1.82, 2.24) is 10.3 Å². The van der Waals surface area contributed by atoms with E-state index in [9.17, 15) is 0 Å². The van der Waals surface area contributed by atoms with Crippen molar-refractivity contribution in [3.63, 3.8) is 0 Å². The maximum absolute atomic E-state index is 5.84. The minimum atomic E-state index is 0.404. The molecule has 0 aromatic carbocycles. The molecular formula is C11H17N3. The molecule has 0 aliphatic heterocycles. The topological polar surface area (TPSA) is 50.9 Å². The minimum Gasteiger partial charge on any atom is -0.328 e. The van der Waals surface area contributed by atoms with Gasteiger partial charge in [0, 0.05) is 31.0 Å². The molecule has 2 unspecified atom stereocenters. The first kappa shape index (κ1) is 9.62. The van der Waals surface area contributed by atoms with E-state index in [-0.39, 0.29) is 0 Å². The fraction of sp³-hybridized carbons (Fsp3) is 0.545. The molecule has 2 atom stereocenters. The molecule has 1 saturated carbocycles. The zero-order valence-corrected chi connectivity index (χ0v) is 8.32. The summed E-state index contributed by atoms with van der Waals surface area (Å²) in [6.45, 7) is 0.908. The molecule has 3 nitrogen and oxygen atoms in total. The summed E-state index contributed by atoms with van der Waals surface area (Å²) >= 11 is 0. The Bertz CT molecular complexity index is 273. The maximum atomic E-state index is 5.84. The Labute approximate surface area is 84.7 Å². The van der Waals surface area contributed by atoms with Gasteiger partial charge >= 0.3 is 0 Å². The Morgan fingerprint density at radius 1 is 1.50 bits per heavy atom. The Morgan fingerprint density at radius 3 is 3.07 bits per heavy atom. The maximum Gasteiger partial charge on any atom is 0.0312 e. The fourth-order valence-electron chi connectivity index (χ4n) is 1.97. The number of nitrogens with two attached hydrogens (primary N) is 1. The molecule has 0 saturated heterocycles. The fourth-order valence-corrected chi connectivity index (χ4v) is 1.97. The first-order valence-electron chi connectivity index (χ1n) is 5.22. The van der Waals surface area contributed by atoms with Crippen LogP contribution in [0, 0.1) is 0 Å². The number of nitrogens with one attached hydrogen (secondary N) is 1. The summed E-state index contributed by atoms with van der Waals surface area (Å²) < 4.78 is 0. The molecule has 2 rings (SSSR count). The van der Waals surface area contributed by atoms with E-state index in [4.69, 9.17) is 5.73 Å². The molecule has 1 aromatic rings. The van der Waals surface area contributed by atoms with Crippen LogP contribution in [0.1, 0.15) is 24.8 Å². The lowest BCUT2D eigenvalue weighted by atomic mass is 10.2. The summed E-state index contributed by atoms with van der Waals surface area (Å²) in [5.41, 5.74) is 7.09. The zero-order chi connectivity index (χ0) is 9.80. The Hall–Kier alpha value is -0.930. The predicted molar refractivity (Wildman–Crippen MR) is 56.7 cm³/mol. The van der Waals surface area contributed by atoms with Crippen LogP contribution in [-0.4, -0.2) is 17.1 Å². The van der Waals surface area contributed by atoms with E-state index < -0.39 is 0 Å². The molecule has 14 heavy (non-hydrogen) atoms. The lowest BCUT2D eigenvalue weighted by molar-refractivity contribution is 0.516. The SMILES string of the molecule is NC1CCC(NCc2cccnc2)C1. The molecule has 76 valence electrons. The Kier molecular flexibility index (Phi) is 3.11. The van der Waals surface area contributed by atoms with Gasteiger partial charge in [-0.05, 0) is 30.9 Å². The van der Waals surface area contributed by atoms with Crippen LogP contribution in [0.3, 0.4) is 0 Å². The second-order valence-corrected chi connectivity index (χ2v) is 4.01. The third-order valence-corrected chi connectivity index (χ3v) is 2.79. The van der Waals surface area contributed by atoms with Crippen LogP contribution in [0.5, 0.6) is 0 Å². The standard InChI is InChI=1S/C11H17N3/c12-10-3-4-11(6-10)14-8-9-2-1-5-13-7-9/h1-2,5,7,10-11,14H,3-4,6,8,12H2. The van der Waals surface area contributed by atoms with Crippen LogP contribution in [0.2, 0.25) is 0 Å². The molecule has 1 fully saturated rings. The first-order chi connectivity index (χ1) is 6.84. The second kappa shape index (κ2) is 4.53. The number of hydrogen-bond acceptors (Lipinski definition) is 3. The summed E-state index contributed by atoms with van der Waals surface area (Å²) in [6.07, 6.45) is 7.18. The summed E-state index contributed by atoms with van der Waals surface area (Å²) in [6, 6.07) is 5.07. The van der Waals surface area contributed by atoms with Gasteiger partial charge in [-0.1, -0.05) is 6.07 Å². The molecule has 1 heterocycles. The number of hydrogen-bond donors (Lipinski definition) is 2. The molecule has 0 bridgehead atoms. The number of aromatic nitrogens is 1. The summed E-state index contributed by atoms with van der Waals surface area (Å²) in [4.78, 5) is 4.08. The molecule has 0 radical (unpaired) electrons. The van der Waals surface area contributed by atoms with E-state index in [1.54, 1.807) is 6.20 Å². The summed E-state index contributed by atoms with van der Waals surface area (Å²) in [5, 5.41) is 3.51. The second-order valence-electron chi connectivity index (χ2n) is 4.01. The van der Waals surface area contributed by atoms with E-state index in [0.717, 1.165) is 19.4 Å². The van der Waals surface area contributed by atoms with Crippen molar-refractivity contribution < 1.29 is 0 Å². The van der Waals surface area contributed by atoms with Crippen molar-refractivity contribution in [2.24, 2.45) is 5.73 Å². The highest BCUT2D eigenvalue weighted by atomic mass is 14.9. The first-order valence-corrected chi connectivity index (χ1v) is 5.22.